The third-order valence-corrected chi connectivity index (χ3v) is 4.73. The molecule has 2 fully saturated rings. The van der Waals surface area contributed by atoms with E-state index in [4.69, 9.17) is 24.2 Å². The van der Waals surface area contributed by atoms with Gasteiger partial charge in [0, 0.05) is 6.20 Å². The summed E-state index contributed by atoms with van der Waals surface area (Å²) in [4.78, 5) is 28.3. The molecule has 0 bridgehead atoms. The molecule has 3 heterocycles. The van der Waals surface area contributed by atoms with Gasteiger partial charge in [-0.2, -0.15) is 4.98 Å². The van der Waals surface area contributed by atoms with Crippen molar-refractivity contribution < 1.29 is 28.9 Å². The number of carbonyl (C=O) groups is 1. The van der Waals surface area contributed by atoms with Crippen LogP contribution >= 0.6 is 0 Å². The lowest BCUT2D eigenvalue weighted by molar-refractivity contribution is -0.200. The van der Waals surface area contributed by atoms with Crippen molar-refractivity contribution in [2.75, 3.05) is 12.1 Å². The topological polar surface area (TPSA) is 121 Å². The third-order valence-electron chi connectivity index (χ3n) is 4.73. The zero-order chi connectivity index (χ0) is 20.6. The molecule has 2 aliphatic rings. The Kier molecular flexibility index (Phi) is 5.09. The highest BCUT2D eigenvalue weighted by atomic mass is 16.8. The van der Waals surface area contributed by atoms with Gasteiger partial charge in [0.15, 0.2) is 17.8 Å². The number of hydrogen-bond donors (Lipinski definition) is 2. The van der Waals surface area contributed by atoms with Crippen LogP contribution in [0, 0.1) is 0 Å². The molecule has 0 spiro atoms. The Morgan fingerprint density at radius 1 is 1.24 bits per heavy atom. The molecule has 0 radical (unpaired) electrons. The zero-order valence-corrected chi connectivity index (χ0v) is 15.8. The van der Waals surface area contributed by atoms with Crippen LogP contribution in [0.1, 0.15) is 30.4 Å². The second kappa shape index (κ2) is 7.56. The number of carbonyl (C=O) groups excluding carboxylic acids is 1. The number of hydrogen-bond acceptors (Lipinski definition) is 9. The minimum absolute atomic E-state index is 0.0121. The van der Waals surface area contributed by atoms with Crippen LogP contribution in [0.25, 0.3) is 0 Å². The van der Waals surface area contributed by atoms with E-state index >= 15 is 0 Å². The molecule has 1 aromatic carbocycles. The molecule has 29 heavy (non-hydrogen) atoms. The molecule has 2 saturated heterocycles. The maximum atomic E-state index is 12.3. The van der Waals surface area contributed by atoms with Crippen molar-refractivity contribution in [3.63, 3.8) is 0 Å². The van der Waals surface area contributed by atoms with Gasteiger partial charge in [-0.05, 0) is 32.0 Å². The van der Waals surface area contributed by atoms with Crippen molar-refractivity contribution in [2.45, 2.75) is 44.2 Å². The van der Waals surface area contributed by atoms with E-state index in [9.17, 15) is 9.59 Å². The molecular formula is C19H21N3O7. The summed E-state index contributed by atoms with van der Waals surface area (Å²) in [6.07, 6.45) is -1.17. The van der Waals surface area contributed by atoms with Crippen molar-refractivity contribution in [1.82, 2.24) is 9.55 Å². The van der Waals surface area contributed by atoms with Gasteiger partial charge < -0.3 is 18.9 Å². The van der Waals surface area contributed by atoms with E-state index in [-0.39, 0.29) is 12.4 Å². The first-order valence-corrected chi connectivity index (χ1v) is 9.10. The molecule has 10 heteroatoms. The summed E-state index contributed by atoms with van der Waals surface area (Å²) in [7, 11) is 0. The Bertz CT molecular complexity index is 946. The fourth-order valence-electron chi connectivity index (χ4n) is 3.50. The lowest BCUT2D eigenvalue weighted by Crippen LogP contribution is -2.34. The second-order valence-corrected chi connectivity index (χ2v) is 7.21. The van der Waals surface area contributed by atoms with Gasteiger partial charge >= 0.3 is 11.7 Å². The Morgan fingerprint density at radius 3 is 2.66 bits per heavy atom. The average Bonchev–Trinajstić information content (AvgIpc) is 3.19. The smallest absolute Gasteiger partial charge is 0.351 e. The molecular weight excluding hydrogens is 382 g/mol. The van der Waals surface area contributed by atoms with Crippen LogP contribution in [0.15, 0.2) is 47.4 Å². The number of benzene rings is 1. The SMILES string of the molecule is CC1(C)O[C@@H]2[C@H](O1)[C@@H](COC(=O)c1ccccc1)O[C@H]2n1ccc(NO)nc1=O. The maximum absolute atomic E-state index is 12.3. The van der Waals surface area contributed by atoms with Crippen LogP contribution in [0.4, 0.5) is 5.82 Å². The highest BCUT2D eigenvalue weighted by Gasteiger charge is 2.56. The van der Waals surface area contributed by atoms with Gasteiger partial charge in [0.25, 0.3) is 0 Å². The molecule has 0 unspecified atom stereocenters. The summed E-state index contributed by atoms with van der Waals surface area (Å²) in [5, 5.41) is 8.91. The quantitative estimate of drug-likeness (QED) is 0.562. The third kappa shape index (κ3) is 3.87. The lowest BCUT2D eigenvalue weighted by Gasteiger charge is -2.24. The van der Waals surface area contributed by atoms with Crippen molar-refractivity contribution in [1.29, 1.82) is 0 Å². The van der Waals surface area contributed by atoms with Crippen LogP contribution in [0.2, 0.25) is 0 Å². The second-order valence-electron chi connectivity index (χ2n) is 7.21. The predicted molar refractivity (Wildman–Crippen MR) is 98.4 cm³/mol. The van der Waals surface area contributed by atoms with E-state index in [0.29, 0.717) is 5.56 Å². The number of aromatic nitrogens is 2. The van der Waals surface area contributed by atoms with Gasteiger partial charge in [-0.15, -0.1) is 0 Å². The maximum Gasteiger partial charge on any atom is 0.351 e. The standard InChI is InChI=1S/C19H21N3O7/c1-19(2)28-14-12(10-26-17(23)11-6-4-3-5-7-11)27-16(15(14)29-19)22-9-8-13(21-25)20-18(22)24/h3-9,12,14-16,25H,10H2,1-2H3,(H,20,21,24)/t12-,14-,15-,16-/m1/s1. The first-order chi connectivity index (χ1) is 13.9. The number of nitrogens with one attached hydrogen (secondary N) is 1. The number of ether oxygens (including phenoxy) is 4. The minimum atomic E-state index is -0.886. The average molecular weight is 403 g/mol. The van der Waals surface area contributed by atoms with Crippen molar-refractivity contribution in [2.24, 2.45) is 0 Å². The van der Waals surface area contributed by atoms with Crippen molar-refractivity contribution in [3.8, 4) is 0 Å². The summed E-state index contributed by atoms with van der Waals surface area (Å²) in [6.45, 7) is 3.45. The number of fused-ring (bicyclic) bond motifs is 1. The van der Waals surface area contributed by atoms with Crippen LogP contribution in [0.5, 0.6) is 0 Å². The van der Waals surface area contributed by atoms with Crippen LogP contribution in [-0.2, 0) is 18.9 Å². The van der Waals surface area contributed by atoms with Crippen LogP contribution < -0.4 is 11.2 Å². The van der Waals surface area contributed by atoms with Crippen LogP contribution in [-0.4, -0.2) is 51.4 Å². The summed E-state index contributed by atoms with van der Waals surface area (Å²) in [5.41, 5.74) is 1.61. The number of anilines is 1. The molecule has 10 nitrogen and oxygen atoms in total. The summed E-state index contributed by atoms with van der Waals surface area (Å²) >= 11 is 0. The molecule has 2 aliphatic heterocycles. The van der Waals surface area contributed by atoms with Gasteiger partial charge in [-0.1, -0.05) is 18.2 Å². The molecule has 2 aromatic rings. The lowest BCUT2D eigenvalue weighted by atomic mass is 10.1. The first kappa shape index (κ1) is 19.5. The summed E-state index contributed by atoms with van der Waals surface area (Å²) in [5.74, 6) is -1.36. The number of esters is 1. The Morgan fingerprint density at radius 2 is 1.97 bits per heavy atom. The molecule has 4 rings (SSSR count). The van der Waals surface area contributed by atoms with Crippen molar-refractivity contribution >= 4 is 11.8 Å². The minimum Gasteiger partial charge on any atom is -0.459 e. The van der Waals surface area contributed by atoms with E-state index in [0.717, 1.165) is 0 Å². The van der Waals surface area contributed by atoms with Crippen molar-refractivity contribution in [3.05, 3.63) is 58.6 Å². The summed E-state index contributed by atoms with van der Waals surface area (Å²) in [6, 6.07) is 10.0. The molecule has 154 valence electrons. The molecule has 0 aliphatic carbocycles. The monoisotopic (exact) mass is 403 g/mol. The normalized spacial score (nSPS) is 27.4. The fourth-order valence-corrected chi connectivity index (χ4v) is 3.50. The number of nitrogens with zero attached hydrogens (tertiary/aromatic N) is 2. The Balaban J connectivity index is 1.53. The Hall–Kier alpha value is -2.79. The molecule has 0 saturated carbocycles. The van der Waals surface area contributed by atoms with E-state index in [2.05, 4.69) is 4.98 Å². The predicted octanol–water partition coefficient (Wildman–Crippen LogP) is 1.32. The highest BCUT2D eigenvalue weighted by Crippen LogP contribution is 2.42. The van der Waals surface area contributed by atoms with E-state index < -0.39 is 42.0 Å². The largest absolute Gasteiger partial charge is 0.459 e. The van der Waals surface area contributed by atoms with Gasteiger partial charge in [-0.3, -0.25) is 15.3 Å². The molecule has 4 atom stereocenters. The Labute approximate surface area is 165 Å². The molecule has 1 aromatic heterocycles. The van der Waals surface area contributed by atoms with Gasteiger partial charge in [0.05, 0.1) is 5.56 Å². The summed E-state index contributed by atoms with van der Waals surface area (Å²) < 4.78 is 24.5. The highest BCUT2D eigenvalue weighted by molar-refractivity contribution is 5.89. The van der Waals surface area contributed by atoms with Gasteiger partial charge in [0.2, 0.25) is 0 Å². The van der Waals surface area contributed by atoms with E-state index in [1.54, 1.807) is 44.2 Å². The van der Waals surface area contributed by atoms with Gasteiger partial charge in [0.1, 0.15) is 24.9 Å². The van der Waals surface area contributed by atoms with Crippen LogP contribution in [0.3, 0.4) is 0 Å². The van der Waals surface area contributed by atoms with E-state index in [1.165, 1.54) is 16.8 Å². The zero-order valence-electron chi connectivity index (χ0n) is 15.8. The molecule has 0 amide bonds. The van der Waals surface area contributed by atoms with E-state index in [1.807, 2.05) is 5.48 Å². The first-order valence-electron chi connectivity index (χ1n) is 9.10. The number of rotatable bonds is 5. The molecule has 2 N–H and O–H groups in total. The van der Waals surface area contributed by atoms with Gasteiger partial charge in [-0.25, -0.2) is 9.59 Å². The fraction of sp³-hybridized carbons (Fsp3) is 0.421.